The molecule has 9 heteroatoms. The Labute approximate surface area is 338 Å². The maximum atomic E-state index is 11.2. The molecule has 0 spiro atoms. The minimum atomic E-state index is -0.233. The van der Waals surface area contributed by atoms with E-state index in [2.05, 4.69) is 34.2 Å². The number of pyridine rings is 2. The number of Topliss-reactive ketones (excluding diaryl/α,β-unsaturated/α-hetero) is 6. The molecule has 51 heavy (non-hydrogen) atoms. The summed E-state index contributed by atoms with van der Waals surface area (Å²) in [5.41, 5.74) is 3.60. The number of nitrogens with zero attached hydrogens (tertiary/aromatic N) is 2. The Morgan fingerprint density at radius 2 is 0.667 bits per heavy atom. The SMILES string of the molecule is CC(=O)[CH-]C(=O)c1ccccc1.CC(=O)[CH-]C(=O)c1ccccc1.CC(=O)[CH-]C(=O)c1ccccc1.[Eu+3].c1cnc2c(c1)ccc1cccnc12. The number of fused-ring (bicyclic) bond motifs is 3. The smallest absolute Gasteiger partial charge is 0.331 e. The Morgan fingerprint density at radius 1 is 0.392 bits per heavy atom. The predicted octanol–water partition coefficient (Wildman–Crippen LogP) is 7.77. The summed E-state index contributed by atoms with van der Waals surface area (Å²) in [6.07, 6.45) is 6.88. The van der Waals surface area contributed by atoms with Crippen molar-refractivity contribution in [3.05, 3.63) is 176 Å². The summed E-state index contributed by atoms with van der Waals surface area (Å²) in [4.78, 5) is 73.9. The molecule has 0 fully saturated rings. The fourth-order valence-corrected chi connectivity index (χ4v) is 4.29. The molecule has 2 heterocycles. The first-order valence-corrected chi connectivity index (χ1v) is 15.5. The molecule has 0 saturated heterocycles. The van der Waals surface area contributed by atoms with Gasteiger partial charge >= 0.3 is 49.4 Å². The van der Waals surface area contributed by atoms with Gasteiger partial charge in [0.1, 0.15) is 0 Å². The second-order valence-corrected chi connectivity index (χ2v) is 10.7. The molecule has 4 aromatic carbocycles. The summed E-state index contributed by atoms with van der Waals surface area (Å²) in [5.74, 6) is -1.36. The third-order valence-electron chi connectivity index (χ3n) is 6.52. The third kappa shape index (κ3) is 15.1. The number of carbonyl (C=O) groups is 6. The van der Waals surface area contributed by atoms with Gasteiger partial charge < -0.3 is 28.8 Å². The maximum Gasteiger partial charge on any atom is 3.00 e. The van der Waals surface area contributed by atoms with Crippen LogP contribution in [-0.4, -0.2) is 44.7 Å². The zero-order valence-corrected chi connectivity index (χ0v) is 30.7. The summed E-state index contributed by atoms with van der Waals surface area (Å²) < 4.78 is 0. The van der Waals surface area contributed by atoms with Crippen LogP contribution >= 0.6 is 0 Å². The first kappa shape index (κ1) is 42.1. The fourth-order valence-electron chi connectivity index (χ4n) is 4.29. The van der Waals surface area contributed by atoms with E-state index in [0.29, 0.717) is 16.7 Å². The summed E-state index contributed by atoms with van der Waals surface area (Å²) in [6.45, 7) is 4.09. The van der Waals surface area contributed by atoms with Gasteiger partial charge in [-0.15, -0.1) is 72.4 Å². The molecule has 0 N–H and O–H groups in total. The first-order chi connectivity index (χ1) is 24.0. The fraction of sp³-hybridized carbons (Fsp3) is 0.0714. The molecule has 6 rings (SSSR count). The van der Waals surface area contributed by atoms with Gasteiger partial charge in [0, 0.05) is 40.5 Å². The van der Waals surface area contributed by atoms with E-state index >= 15 is 0 Å². The van der Waals surface area contributed by atoms with Crippen LogP contribution < -0.4 is 0 Å². The van der Waals surface area contributed by atoms with Crippen LogP contribution in [0.15, 0.2) is 140 Å². The van der Waals surface area contributed by atoms with E-state index in [1.807, 2.05) is 30.3 Å². The van der Waals surface area contributed by atoms with E-state index in [-0.39, 0.29) is 84.1 Å². The van der Waals surface area contributed by atoms with Crippen molar-refractivity contribution in [3.63, 3.8) is 0 Å². The molecule has 0 bridgehead atoms. The van der Waals surface area contributed by atoms with Crippen LogP contribution in [0, 0.1) is 68.6 Å². The van der Waals surface area contributed by atoms with E-state index in [9.17, 15) is 28.8 Å². The van der Waals surface area contributed by atoms with Crippen molar-refractivity contribution in [2.45, 2.75) is 20.8 Å². The number of benzene rings is 4. The zero-order chi connectivity index (χ0) is 36.3. The van der Waals surface area contributed by atoms with Crippen molar-refractivity contribution < 1.29 is 78.1 Å². The number of hydrogen-bond acceptors (Lipinski definition) is 8. The molecule has 0 saturated carbocycles. The molecular formula is C42H35EuN2O6. The van der Waals surface area contributed by atoms with Gasteiger partial charge in [0.15, 0.2) is 0 Å². The largest absolute Gasteiger partial charge is 3.00 e. The van der Waals surface area contributed by atoms with Crippen LogP contribution in [0.1, 0.15) is 51.8 Å². The molecule has 0 unspecified atom stereocenters. The van der Waals surface area contributed by atoms with Crippen LogP contribution in [-0.2, 0) is 14.4 Å². The van der Waals surface area contributed by atoms with Crippen LogP contribution in [0.4, 0.5) is 0 Å². The van der Waals surface area contributed by atoms with Crippen LogP contribution in [0.5, 0.6) is 0 Å². The van der Waals surface area contributed by atoms with Gasteiger partial charge in [0.05, 0.1) is 28.4 Å². The van der Waals surface area contributed by atoms with Crippen LogP contribution in [0.25, 0.3) is 21.8 Å². The Balaban J connectivity index is 0.000000235. The van der Waals surface area contributed by atoms with E-state index in [1.165, 1.54) is 20.8 Å². The average Bonchev–Trinajstić information content (AvgIpc) is 3.13. The molecule has 256 valence electrons. The normalized spacial score (nSPS) is 9.39. The molecule has 6 aromatic rings. The zero-order valence-electron chi connectivity index (χ0n) is 28.2. The van der Waals surface area contributed by atoms with Gasteiger partial charge in [-0.05, 0) is 32.9 Å². The minimum absolute atomic E-state index is 0. The molecule has 2 aromatic heterocycles. The molecule has 0 radical (unpaired) electrons. The number of rotatable bonds is 9. The van der Waals surface area contributed by atoms with Crippen molar-refractivity contribution in [3.8, 4) is 0 Å². The van der Waals surface area contributed by atoms with Crippen molar-refractivity contribution in [1.82, 2.24) is 9.97 Å². The van der Waals surface area contributed by atoms with Gasteiger partial charge in [0.2, 0.25) is 0 Å². The molecule has 0 aliphatic heterocycles. The van der Waals surface area contributed by atoms with E-state index in [1.54, 1.807) is 85.2 Å². The van der Waals surface area contributed by atoms with Gasteiger partial charge in [-0.25, -0.2) is 0 Å². The summed E-state index contributed by atoms with van der Waals surface area (Å²) in [5, 5.41) is 2.28. The Bertz CT molecular complexity index is 1860. The van der Waals surface area contributed by atoms with Gasteiger partial charge in [0.25, 0.3) is 0 Å². The number of aromatic nitrogens is 2. The van der Waals surface area contributed by atoms with Gasteiger partial charge in [-0.1, -0.05) is 78.9 Å². The van der Waals surface area contributed by atoms with E-state index < -0.39 is 0 Å². The number of ketones is 6. The second-order valence-electron chi connectivity index (χ2n) is 10.7. The third-order valence-corrected chi connectivity index (χ3v) is 6.52. The molecule has 8 nitrogen and oxygen atoms in total. The van der Waals surface area contributed by atoms with Crippen molar-refractivity contribution >= 4 is 56.5 Å². The number of carbonyl (C=O) groups excluding carboxylic acids is 6. The summed E-state index contributed by atoms with van der Waals surface area (Å²) >= 11 is 0. The predicted molar refractivity (Wildman–Crippen MR) is 194 cm³/mol. The molecule has 0 amide bonds. The van der Waals surface area contributed by atoms with Crippen molar-refractivity contribution in [2.75, 3.05) is 0 Å². The van der Waals surface area contributed by atoms with Crippen LogP contribution in [0.2, 0.25) is 0 Å². The van der Waals surface area contributed by atoms with E-state index in [4.69, 9.17) is 0 Å². The maximum absolute atomic E-state index is 11.2. The number of hydrogen-bond donors (Lipinski definition) is 0. The van der Waals surface area contributed by atoms with Crippen molar-refractivity contribution in [2.24, 2.45) is 0 Å². The van der Waals surface area contributed by atoms with Crippen molar-refractivity contribution in [1.29, 1.82) is 0 Å². The van der Waals surface area contributed by atoms with Crippen LogP contribution in [0.3, 0.4) is 0 Å². The molecule has 0 aliphatic carbocycles. The topological polar surface area (TPSA) is 128 Å². The summed E-state index contributed by atoms with van der Waals surface area (Å²) in [6, 6.07) is 38.3. The first-order valence-electron chi connectivity index (χ1n) is 15.5. The monoisotopic (exact) mass is 816 g/mol. The van der Waals surface area contributed by atoms with E-state index in [0.717, 1.165) is 41.1 Å². The quantitative estimate of drug-likeness (QED) is 0.0627. The second kappa shape index (κ2) is 22.6. The minimum Gasteiger partial charge on any atom is -0.331 e. The summed E-state index contributed by atoms with van der Waals surface area (Å²) in [7, 11) is 0. The molecular weight excluding hydrogens is 780 g/mol. The Morgan fingerprint density at radius 3 is 0.922 bits per heavy atom. The van der Waals surface area contributed by atoms with Gasteiger partial charge in [-0.2, -0.15) is 0 Å². The standard InChI is InChI=1S/C12H8N2.3C10H9O2.Eu/c1-3-9-5-6-10-4-2-8-14-12(10)11(9)13-7-1;3*1-8(11)7-10(12)9-5-3-2-4-6-9;/h1-8H;3*2-7H,1H3;/q;3*-1;+3. The molecule has 0 aliphatic rings. The average molecular weight is 816 g/mol. The molecule has 0 atom stereocenters. The Hall–Kier alpha value is -5.09. The Kier molecular flexibility index (Phi) is 18.6. The van der Waals surface area contributed by atoms with Gasteiger partial charge in [-0.3, -0.25) is 9.97 Å².